The minimum atomic E-state index is -0.622. The van der Waals surface area contributed by atoms with Crippen LogP contribution in [-0.2, 0) is 9.53 Å². The van der Waals surface area contributed by atoms with Gasteiger partial charge in [-0.1, -0.05) is 32.6 Å². The summed E-state index contributed by atoms with van der Waals surface area (Å²) in [4.78, 5) is 36.0. The highest BCUT2D eigenvalue weighted by molar-refractivity contribution is 7.18. The smallest absolute Gasteiger partial charge is 0.341 e. The van der Waals surface area contributed by atoms with Gasteiger partial charge in [-0.05, 0) is 25.8 Å². The van der Waals surface area contributed by atoms with Crippen molar-refractivity contribution in [2.24, 2.45) is 5.73 Å². The SMILES string of the molecule is CCCCCCCC(=O)Nc1sc(C(N)=O)c(C)c1C(=O)OCC. The van der Waals surface area contributed by atoms with Crippen LogP contribution in [0.15, 0.2) is 0 Å². The van der Waals surface area contributed by atoms with Crippen LogP contribution in [-0.4, -0.2) is 24.4 Å². The van der Waals surface area contributed by atoms with E-state index < -0.39 is 11.9 Å². The third-order valence-electron chi connectivity index (χ3n) is 3.61. The van der Waals surface area contributed by atoms with Crippen LogP contribution in [0.25, 0.3) is 0 Å². The second-order valence-electron chi connectivity index (χ2n) is 5.56. The lowest BCUT2D eigenvalue weighted by Crippen LogP contribution is -2.14. The first-order chi connectivity index (χ1) is 11.4. The molecule has 0 aliphatic heterocycles. The monoisotopic (exact) mass is 354 g/mol. The van der Waals surface area contributed by atoms with Gasteiger partial charge >= 0.3 is 5.97 Å². The van der Waals surface area contributed by atoms with Gasteiger partial charge in [0.25, 0.3) is 5.91 Å². The number of carbonyl (C=O) groups is 3. The van der Waals surface area contributed by atoms with Crippen LogP contribution in [0.5, 0.6) is 0 Å². The summed E-state index contributed by atoms with van der Waals surface area (Å²) in [6.07, 6.45) is 5.62. The molecule has 0 spiro atoms. The minimum Gasteiger partial charge on any atom is -0.462 e. The molecule has 0 fully saturated rings. The Bertz CT molecular complexity index is 596. The Morgan fingerprint density at radius 1 is 1.12 bits per heavy atom. The van der Waals surface area contributed by atoms with Gasteiger partial charge in [-0.2, -0.15) is 0 Å². The maximum absolute atomic E-state index is 12.1. The van der Waals surface area contributed by atoms with Crippen LogP contribution >= 0.6 is 11.3 Å². The molecule has 0 aliphatic carbocycles. The lowest BCUT2D eigenvalue weighted by molar-refractivity contribution is -0.116. The highest BCUT2D eigenvalue weighted by atomic mass is 32.1. The zero-order valence-electron chi connectivity index (χ0n) is 14.6. The second kappa shape index (κ2) is 10.1. The highest BCUT2D eigenvalue weighted by Crippen LogP contribution is 2.33. The number of rotatable bonds is 10. The topological polar surface area (TPSA) is 98.5 Å². The largest absolute Gasteiger partial charge is 0.462 e. The number of hydrogen-bond donors (Lipinski definition) is 2. The molecular formula is C17H26N2O4S. The van der Waals surface area contributed by atoms with E-state index in [1.54, 1.807) is 13.8 Å². The molecule has 24 heavy (non-hydrogen) atoms. The summed E-state index contributed by atoms with van der Waals surface area (Å²) in [6, 6.07) is 0. The summed E-state index contributed by atoms with van der Waals surface area (Å²) in [5.41, 5.74) is 6.00. The van der Waals surface area contributed by atoms with Gasteiger partial charge in [0.05, 0.1) is 17.0 Å². The Hall–Kier alpha value is -1.89. The third kappa shape index (κ3) is 5.63. The van der Waals surface area contributed by atoms with Crippen LogP contribution in [0.4, 0.5) is 5.00 Å². The maximum Gasteiger partial charge on any atom is 0.341 e. The highest BCUT2D eigenvalue weighted by Gasteiger charge is 2.25. The molecule has 1 heterocycles. The van der Waals surface area contributed by atoms with Crippen LogP contribution in [0.2, 0.25) is 0 Å². The van der Waals surface area contributed by atoms with Gasteiger partial charge in [0.1, 0.15) is 5.00 Å². The minimum absolute atomic E-state index is 0.172. The molecule has 1 aromatic rings. The van der Waals surface area contributed by atoms with Gasteiger partial charge in [-0.15, -0.1) is 11.3 Å². The number of hydrogen-bond acceptors (Lipinski definition) is 5. The number of ether oxygens (including phenoxy) is 1. The molecule has 0 saturated heterocycles. The Morgan fingerprint density at radius 2 is 1.79 bits per heavy atom. The zero-order chi connectivity index (χ0) is 18.1. The summed E-state index contributed by atoms with van der Waals surface area (Å²) in [6.45, 7) is 5.68. The molecule has 0 bridgehead atoms. The van der Waals surface area contributed by atoms with Crippen LogP contribution in [0, 0.1) is 6.92 Å². The third-order valence-corrected chi connectivity index (χ3v) is 4.83. The Balaban J connectivity index is 2.82. The van der Waals surface area contributed by atoms with E-state index in [9.17, 15) is 14.4 Å². The number of thiophene rings is 1. The fraction of sp³-hybridized carbons (Fsp3) is 0.588. The molecule has 0 radical (unpaired) electrons. The predicted octanol–water partition coefficient (Wildman–Crippen LogP) is 3.63. The van der Waals surface area contributed by atoms with Crippen LogP contribution < -0.4 is 11.1 Å². The van der Waals surface area contributed by atoms with E-state index in [0.717, 1.165) is 37.0 Å². The Kier molecular flexibility index (Phi) is 8.46. The molecule has 6 nitrogen and oxygen atoms in total. The molecule has 0 saturated carbocycles. The normalized spacial score (nSPS) is 10.5. The summed E-state index contributed by atoms with van der Waals surface area (Å²) in [5.74, 6) is -1.35. The zero-order valence-corrected chi connectivity index (χ0v) is 15.4. The van der Waals surface area contributed by atoms with Gasteiger partial charge < -0.3 is 15.8 Å². The van der Waals surface area contributed by atoms with E-state index in [4.69, 9.17) is 10.5 Å². The van der Waals surface area contributed by atoms with Crippen LogP contribution in [0.1, 0.15) is 78.0 Å². The van der Waals surface area contributed by atoms with Gasteiger partial charge in [-0.3, -0.25) is 9.59 Å². The number of primary amides is 1. The van der Waals surface area contributed by atoms with Crippen molar-refractivity contribution in [2.45, 2.75) is 59.3 Å². The van der Waals surface area contributed by atoms with E-state index in [0.29, 0.717) is 17.0 Å². The van der Waals surface area contributed by atoms with Crippen molar-refractivity contribution in [3.8, 4) is 0 Å². The molecule has 3 N–H and O–H groups in total. The Morgan fingerprint density at radius 3 is 2.38 bits per heavy atom. The van der Waals surface area contributed by atoms with Crippen molar-refractivity contribution in [2.75, 3.05) is 11.9 Å². The van der Waals surface area contributed by atoms with Gasteiger partial charge in [0, 0.05) is 6.42 Å². The van der Waals surface area contributed by atoms with E-state index in [1.165, 1.54) is 6.42 Å². The summed E-state index contributed by atoms with van der Waals surface area (Å²) in [7, 11) is 0. The molecule has 0 unspecified atom stereocenters. The first kappa shape index (κ1) is 20.2. The second-order valence-corrected chi connectivity index (χ2v) is 6.58. The molecule has 1 rings (SSSR count). The summed E-state index contributed by atoms with van der Waals surface area (Å²) < 4.78 is 5.01. The lowest BCUT2D eigenvalue weighted by Gasteiger charge is -2.07. The number of nitrogens with one attached hydrogen (secondary N) is 1. The number of anilines is 1. The van der Waals surface area contributed by atoms with E-state index >= 15 is 0 Å². The van der Waals surface area contributed by atoms with Gasteiger partial charge in [0.15, 0.2) is 0 Å². The lowest BCUT2D eigenvalue weighted by atomic mass is 10.1. The molecular weight excluding hydrogens is 328 g/mol. The molecule has 0 aromatic carbocycles. The molecule has 7 heteroatoms. The standard InChI is InChI=1S/C17H26N2O4S/c1-4-6-7-8-9-10-12(20)19-16-13(17(22)23-5-2)11(3)14(24-16)15(18)21/h4-10H2,1-3H3,(H2,18,21)(H,19,20). The van der Waals surface area contributed by atoms with Crippen molar-refractivity contribution in [3.05, 3.63) is 16.0 Å². The van der Waals surface area contributed by atoms with Crippen molar-refractivity contribution >= 4 is 34.1 Å². The van der Waals surface area contributed by atoms with Crippen molar-refractivity contribution < 1.29 is 19.1 Å². The van der Waals surface area contributed by atoms with Gasteiger partial charge in [-0.25, -0.2) is 4.79 Å². The number of nitrogens with two attached hydrogens (primary N) is 1. The van der Waals surface area contributed by atoms with E-state index in [-0.39, 0.29) is 23.0 Å². The van der Waals surface area contributed by atoms with E-state index in [2.05, 4.69) is 12.2 Å². The number of esters is 1. The van der Waals surface area contributed by atoms with Crippen molar-refractivity contribution in [1.29, 1.82) is 0 Å². The Labute approximate surface area is 146 Å². The molecule has 0 aliphatic rings. The van der Waals surface area contributed by atoms with Crippen molar-refractivity contribution in [1.82, 2.24) is 0 Å². The molecule has 2 amide bonds. The number of unbranched alkanes of at least 4 members (excludes halogenated alkanes) is 4. The molecule has 134 valence electrons. The average molecular weight is 354 g/mol. The predicted molar refractivity (Wildman–Crippen MR) is 95.5 cm³/mol. The summed E-state index contributed by atoms with van der Waals surface area (Å²) >= 11 is 1.02. The van der Waals surface area contributed by atoms with Crippen LogP contribution in [0.3, 0.4) is 0 Å². The average Bonchev–Trinajstić information content (AvgIpc) is 2.84. The first-order valence-electron chi connectivity index (χ1n) is 8.32. The van der Waals surface area contributed by atoms with E-state index in [1.807, 2.05) is 0 Å². The fourth-order valence-corrected chi connectivity index (χ4v) is 3.43. The summed E-state index contributed by atoms with van der Waals surface area (Å²) in [5, 5.41) is 3.06. The fourth-order valence-electron chi connectivity index (χ4n) is 2.36. The molecule has 1 aromatic heterocycles. The number of amides is 2. The quantitative estimate of drug-likeness (QED) is 0.495. The van der Waals surface area contributed by atoms with Gasteiger partial charge in [0.2, 0.25) is 5.91 Å². The number of carbonyl (C=O) groups excluding carboxylic acids is 3. The maximum atomic E-state index is 12.1. The first-order valence-corrected chi connectivity index (χ1v) is 9.14. The molecule has 0 atom stereocenters. The van der Waals surface area contributed by atoms with Crippen molar-refractivity contribution in [3.63, 3.8) is 0 Å².